The Kier molecular flexibility index (Phi) is 3.15. The smallest absolute Gasteiger partial charge is 0.414 e. The average molecular weight is 269 g/mol. The van der Waals surface area contributed by atoms with Crippen LogP contribution in [0.1, 0.15) is 26.3 Å². The summed E-state index contributed by atoms with van der Waals surface area (Å²) < 4.78 is 5.36. The van der Waals surface area contributed by atoms with Crippen LogP contribution in [0.15, 0.2) is 12.1 Å². The standard InChI is InChI=1S/C13H17ClN2O2/c1-13(2,3)18-12(17)16-5-4-9-10(15)6-8(14)7-11(9)16/h6-7H,4-5,15H2,1-3H3. The van der Waals surface area contributed by atoms with Gasteiger partial charge in [-0.1, -0.05) is 11.6 Å². The van der Waals surface area contributed by atoms with Crippen LogP contribution < -0.4 is 10.6 Å². The van der Waals surface area contributed by atoms with E-state index in [4.69, 9.17) is 22.1 Å². The maximum absolute atomic E-state index is 12.1. The zero-order chi connectivity index (χ0) is 13.5. The number of carbonyl (C=O) groups excluding carboxylic acids is 1. The molecule has 0 unspecified atom stereocenters. The monoisotopic (exact) mass is 268 g/mol. The SMILES string of the molecule is CC(C)(C)OC(=O)N1CCc2c(N)cc(Cl)cc21. The van der Waals surface area contributed by atoms with E-state index >= 15 is 0 Å². The van der Waals surface area contributed by atoms with Crippen LogP contribution in [0.2, 0.25) is 5.02 Å². The second-order valence-corrected chi connectivity index (χ2v) is 5.81. The number of halogens is 1. The molecule has 1 aliphatic rings. The summed E-state index contributed by atoms with van der Waals surface area (Å²) >= 11 is 5.97. The summed E-state index contributed by atoms with van der Waals surface area (Å²) in [5, 5.41) is 0.529. The Balaban J connectivity index is 2.29. The van der Waals surface area contributed by atoms with Gasteiger partial charge < -0.3 is 10.5 Å². The highest BCUT2D eigenvalue weighted by Gasteiger charge is 2.30. The molecule has 1 heterocycles. The molecular formula is C13H17ClN2O2. The molecule has 0 fully saturated rings. The molecule has 0 atom stereocenters. The highest BCUT2D eigenvalue weighted by Crippen LogP contribution is 2.36. The minimum absolute atomic E-state index is 0.358. The lowest BCUT2D eigenvalue weighted by atomic mass is 10.1. The highest BCUT2D eigenvalue weighted by molar-refractivity contribution is 6.31. The Labute approximate surface area is 112 Å². The van der Waals surface area contributed by atoms with E-state index in [-0.39, 0.29) is 6.09 Å². The predicted molar refractivity (Wildman–Crippen MR) is 73.1 cm³/mol. The molecule has 0 aliphatic carbocycles. The summed E-state index contributed by atoms with van der Waals surface area (Å²) in [4.78, 5) is 13.7. The highest BCUT2D eigenvalue weighted by atomic mass is 35.5. The zero-order valence-electron chi connectivity index (χ0n) is 10.8. The first-order valence-electron chi connectivity index (χ1n) is 5.86. The number of nitrogens with zero attached hydrogens (tertiary/aromatic N) is 1. The van der Waals surface area contributed by atoms with Crippen LogP contribution in [0.4, 0.5) is 16.2 Å². The van der Waals surface area contributed by atoms with Gasteiger partial charge in [0, 0.05) is 22.8 Å². The van der Waals surface area contributed by atoms with E-state index in [1.54, 1.807) is 17.0 Å². The van der Waals surface area contributed by atoms with E-state index in [1.807, 2.05) is 20.8 Å². The lowest BCUT2D eigenvalue weighted by Gasteiger charge is -2.24. The van der Waals surface area contributed by atoms with Crippen molar-refractivity contribution in [3.63, 3.8) is 0 Å². The maximum Gasteiger partial charge on any atom is 0.414 e. The summed E-state index contributed by atoms with van der Waals surface area (Å²) in [5.74, 6) is 0. The molecule has 98 valence electrons. The van der Waals surface area contributed by atoms with Gasteiger partial charge in [-0.05, 0) is 39.3 Å². The maximum atomic E-state index is 12.1. The molecule has 5 heteroatoms. The van der Waals surface area contributed by atoms with Crippen LogP contribution in [-0.2, 0) is 11.2 Å². The Hall–Kier alpha value is -1.42. The second kappa shape index (κ2) is 4.35. The average Bonchev–Trinajstić information content (AvgIpc) is 2.58. The van der Waals surface area contributed by atoms with Crippen LogP contribution in [0.25, 0.3) is 0 Å². The van der Waals surface area contributed by atoms with Crippen molar-refractivity contribution < 1.29 is 9.53 Å². The number of benzene rings is 1. The molecule has 2 rings (SSSR count). The van der Waals surface area contributed by atoms with Crippen molar-refractivity contribution in [2.24, 2.45) is 0 Å². The molecule has 1 aromatic rings. The number of nitrogen functional groups attached to an aromatic ring is 1. The minimum Gasteiger partial charge on any atom is -0.443 e. The second-order valence-electron chi connectivity index (χ2n) is 5.37. The Morgan fingerprint density at radius 1 is 1.44 bits per heavy atom. The summed E-state index contributed by atoms with van der Waals surface area (Å²) in [6, 6.07) is 3.46. The first-order chi connectivity index (χ1) is 8.28. The van der Waals surface area contributed by atoms with E-state index in [2.05, 4.69) is 0 Å². The molecule has 1 aromatic carbocycles. The van der Waals surface area contributed by atoms with Crippen molar-refractivity contribution in [3.8, 4) is 0 Å². The lowest BCUT2D eigenvalue weighted by Crippen LogP contribution is -2.35. The van der Waals surface area contributed by atoms with Crippen LogP contribution in [0, 0.1) is 0 Å². The molecular weight excluding hydrogens is 252 g/mol. The molecule has 1 amide bonds. The number of ether oxygens (including phenoxy) is 1. The normalized spacial score (nSPS) is 14.6. The zero-order valence-corrected chi connectivity index (χ0v) is 11.5. The van der Waals surface area contributed by atoms with Gasteiger partial charge in [-0.25, -0.2) is 4.79 Å². The Morgan fingerprint density at radius 2 is 2.11 bits per heavy atom. The number of anilines is 2. The number of hydrogen-bond acceptors (Lipinski definition) is 3. The van der Waals surface area contributed by atoms with Gasteiger partial charge in [-0.3, -0.25) is 4.90 Å². The fourth-order valence-corrected chi connectivity index (χ4v) is 2.23. The fourth-order valence-electron chi connectivity index (χ4n) is 2.01. The quantitative estimate of drug-likeness (QED) is 0.735. The lowest BCUT2D eigenvalue weighted by molar-refractivity contribution is 0.0584. The largest absolute Gasteiger partial charge is 0.443 e. The molecule has 4 nitrogen and oxygen atoms in total. The van der Waals surface area contributed by atoms with Crippen molar-refractivity contribution >= 4 is 29.1 Å². The van der Waals surface area contributed by atoms with Gasteiger partial charge in [-0.15, -0.1) is 0 Å². The molecule has 1 aliphatic heterocycles. The van der Waals surface area contributed by atoms with Crippen molar-refractivity contribution in [3.05, 3.63) is 22.7 Å². The van der Waals surface area contributed by atoms with Crippen LogP contribution >= 0.6 is 11.6 Å². The van der Waals surface area contributed by atoms with Crippen molar-refractivity contribution in [1.29, 1.82) is 0 Å². The first kappa shape index (κ1) is 13.0. The summed E-state index contributed by atoms with van der Waals surface area (Å²) in [5.41, 5.74) is 7.74. The molecule has 0 aromatic heterocycles. The minimum atomic E-state index is -0.510. The van der Waals surface area contributed by atoms with Gasteiger partial charge in [0.15, 0.2) is 0 Å². The molecule has 0 bridgehead atoms. The predicted octanol–water partition coefficient (Wildman–Crippen LogP) is 3.22. The number of nitrogens with two attached hydrogens (primary N) is 1. The topological polar surface area (TPSA) is 55.6 Å². The van der Waals surface area contributed by atoms with E-state index in [0.717, 1.165) is 17.7 Å². The molecule has 2 N–H and O–H groups in total. The summed E-state index contributed by atoms with van der Waals surface area (Å²) in [7, 11) is 0. The van der Waals surface area contributed by atoms with Gasteiger partial charge in [0.2, 0.25) is 0 Å². The number of amides is 1. The van der Waals surface area contributed by atoms with E-state index in [0.29, 0.717) is 17.3 Å². The molecule has 18 heavy (non-hydrogen) atoms. The third-order valence-corrected chi connectivity index (χ3v) is 2.93. The van der Waals surface area contributed by atoms with Crippen LogP contribution in [0.3, 0.4) is 0 Å². The van der Waals surface area contributed by atoms with Crippen molar-refractivity contribution in [1.82, 2.24) is 0 Å². The first-order valence-corrected chi connectivity index (χ1v) is 6.24. The third-order valence-electron chi connectivity index (χ3n) is 2.72. The van der Waals surface area contributed by atoms with Gasteiger partial charge in [0.25, 0.3) is 0 Å². The number of hydrogen-bond donors (Lipinski definition) is 1. The Bertz CT molecular complexity index is 494. The van der Waals surface area contributed by atoms with Gasteiger partial charge in [0.1, 0.15) is 5.60 Å². The van der Waals surface area contributed by atoms with Crippen molar-refractivity contribution in [2.75, 3.05) is 17.2 Å². The Morgan fingerprint density at radius 3 is 2.72 bits per heavy atom. The summed E-state index contributed by atoms with van der Waals surface area (Å²) in [6.45, 7) is 6.10. The van der Waals surface area contributed by atoms with Crippen LogP contribution in [-0.4, -0.2) is 18.2 Å². The van der Waals surface area contributed by atoms with Gasteiger partial charge in [-0.2, -0.15) is 0 Å². The number of rotatable bonds is 0. The number of carbonyl (C=O) groups is 1. The van der Waals surface area contributed by atoms with Gasteiger partial charge >= 0.3 is 6.09 Å². The van der Waals surface area contributed by atoms with E-state index in [9.17, 15) is 4.79 Å². The molecule has 0 spiro atoms. The fraction of sp³-hybridized carbons (Fsp3) is 0.462. The van der Waals surface area contributed by atoms with Crippen LogP contribution in [0.5, 0.6) is 0 Å². The number of fused-ring (bicyclic) bond motifs is 1. The van der Waals surface area contributed by atoms with E-state index < -0.39 is 5.60 Å². The van der Waals surface area contributed by atoms with E-state index in [1.165, 1.54) is 0 Å². The summed E-state index contributed by atoms with van der Waals surface area (Å²) in [6.07, 6.45) is 0.375. The van der Waals surface area contributed by atoms with Gasteiger partial charge in [0.05, 0.1) is 5.69 Å². The third kappa shape index (κ3) is 2.53. The molecule has 0 radical (unpaired) electrons. The molecule has 0 saturated heterocycles. The molecule has 0 saturated carbocycles. The van der Waals surface area contributed by atoms with Crippen molar-refractivity contribution in [2.45, 2.75) is 32.8 Å².